The molecule has 3 aromatic rings. The largest absolute Gasteiger partial charge is 0.383 e. The third-order valence-electron chi connectivity index (χ3n) is 3.69. The number of aromatic nitrogens is 2. The maximum Gasteiger partial charge on any atom is 0.222 e. The van der Waals surface area contributed by atoms with Crippen molar-refractivity contribution in [1.82, 2.24) is 9.97 Å². The first-order valence-corrected chi connectivity index (χ1v) is 8.62. The van der Waals surface area contributed by atoms with Crippen LogP contribution in [0.4, 0.5) is 17.5 Å². The molecule has 7 nitrogen and oxygen atoms in total. The van der Waals surface area contributed by atoms with E-state index in [0.29, 0.717) is 10.9 Å². The van der Waals surface area contributed by atoms with Crippen LogP contribution >= 0.6 is 0 Å². The molecule has 0 radical (unpaired) electrons. The Balaban J connectivity index is 2.11. The van der Waals surface area contributed by atoms with Gasteiger partial charge < -0.3 is 16.4 Å². The Labute approximate surface area is 139 Å². The molecule has 4 N–H and O–H groups in total. The van der Waals surface area contributed by atoms with Crippen LogP contribution in [0.3, 0.4) is 0 Å². The maximum absolute atomic E-state index is 12.8. The summed E-state index contributed by atoms with van der Waals surface area (Å²) in [4.78, 5) is 10.2. The fourth-order valence-electron chi connectivity index (χ4n) is 2.38. The van der Waals surface area contributed by atoms with Gasteiger partial charge in [-0.05, 0) is 42.5 Å². The van der Waals surface area contributed by atoms with Gasteiger partial charge in [-0.1, -0.05) is 0 Å². The monoisotopic (exact) mass is 343 g/mol. The van der Waals surface area contributed by atoms with Gasteiger partial charge in [0, 0.05) is 25.2 Å². The summed E-state index contributed by atoms with van der Waals surface area (Å²) in [6.45, 7) is 0. The number of hydrogen-bond acceptors (Lipinski definition) is 7. The highest BCUT2D eigenvalue weighted by atomic mass is 32.2. The van der Waals surface area contributed by atoms with E-state index in [1.165, 1.54) is 12.1 Å². The van der Waals surface area contributed by atoms with E-state index in [-0.39, 0.29) is 21.6 Å². The molecule has 24 heavy (non-hydrogen) atoms. The lowest BCUT2D eigenvalue weighted by Gasteiger charge is -2.13. The first kappa shape index (κ1) is 16.0. The Morgan fingerprint density at radius 1 is 0.917 bits per heavy atom. The second-order valence-electron chi connectivity index (χ2n) is 5.54. The lowest BCUT2D eigenvalue weighted by molar-refractivity contribution is 0.596. The first-order valence-electron chi connectivity index (χ1n) is 7.14. The summed E-state index contributed by atoms with van der Waals surface area (Å²) in [6, 6.07) is 11.2. The number of fused-ring (bicyclic) bond motifs is 1. The van der Waals surface area contributed by atoms with Crippen LogP contribution in [0.2, 0.25) is 0 Å². The standard InChI is InChI=1S/C16H17N5O2S/c1-21(2)10-3-5-11(6-4-10)24(22,23)12-7-8-14-13(9-12)15(17)20-16(18)19-14/h3-9H,1-2H3,(H4,17,18,19,20). The van der Waals surface area contributed by atoms with Crippen molar-refractivity contribution in [2.45, 2.75) is 9.79 Å². The number of nitrogen functional groups attached to an aromatic ring is 2. The highest BCUT2D eigenvalue weighted by Gasteiger charge is 2.19. The molecule has 0 saturated carbocycles. The molecule has 0 spiro atoms. The Hall–Kier alpha value is -2.87. The number of nitrogens with zero attached hydrogens (tertiary/aromatic N) is 3. The maximum atomic E-state index is 12.8. The molecule has 0 aliphatic carbocycles. The van der Waals surface area contributed by atoms with Crippen LogP contribution in [-0.4, -0.2) is 32.5 Å². The molecule has 0 aliphatic heterocycles. The average Bonchev–Trinajstić information content (AvgIpc) is 2.54. The van der Waals surface area contributed by atoms with Crippen molar-refractivity contribution in [2.75, 3.05) is 30.5 Å². The van der Waals surface area contributed by atoms with Crippen LogP contribution in [0.15, 0.2) is 52.3 Å². The summed E-state index contributed by atoms with van der Waals surface area (Å²) in [6.07, 6.45) is 0. The molecule has 0 amide bonds. The van der Waals surface area contributed by atoms with Crippen LogP contribution in [0.1, 0.15) is 0 Å². The Morgan fingerprint density at radius 3 is 2.17 bits per heavy atom. The van der Waals surface area contributed by atoms with Gasteiger partial charge in [0.15, 0.2) is 0 Å². The van der Waals surface area contributed by atoms with Crippen molar-refractivity contribution in [3.05, 3.63) is 42.5 Å². The van der Waals surface area contributed by atoms with E-state index in [0.717, 1.165) is 5.69 Å². The molecule has 1 heterocycles. The molecule has 0 saturated heterocycles. The summed E-state index contributed by atoms with van der Waals surface area (Å²) in [5.74, 6) is 0.201. The van der Waals surface area contributed by atoms with Crippen molar-refractivity contribution >= 4 is 38.2 Å². The first-order chi connectivity index (χ1) is 11.3. The topological polar surface area (TPSA) is 115 Å². The molecule has 8 heteroatoms. The number of hydrogen-bond donors (Lipinski definition) is 2. The second-order valence-corrected chi connectivity index (χ2v) is 7.49. The van der Waals surface area contributed by atoms with Gasteiger partial charge in [-0.2, -0.15) is 4.98 Å². The molecule has 0 unspecified atom stereocenters. The molecule has 0 aliphatic rings. The third kappa shape index (κ3) is 2.71. The fraction of sp³-hybridized carbons (Fsp3) is 0.125. The summed E-state index contributed by atoms with van der Waals surface area (Å²) in [5, 5.41) is 0.454. The lowest BCUT2D eigenvalue weighted by atomic mass is 10.2. The van der Waals surface area contributed by atoms with Gasteiger partial charge >= 0.3 is 0 Å². The van der Waals surface area contributed by atoms with Crippen molar-refractivity contribution in [2.24, 2.45) is 0 Å². The minimum atomic E-state index is -3.66. The predicted octanol–water partition coefficient (Wildman–Crippen LogP) is 1.69. The number of sulfone groups is 1. The van der Waals surface area contributed by atoms with E-state index >= 15 is 0 Å². The third-order valence-corrected chi connectivity index (χ3v) is 5.45. The molecule has 0 atom stereocenters. The molecule has 124 valence electrons. The smallest absolute Gasteiger partial charge is 0.222 e. The SMILES string of the molecule is CN(C)c1ccc(S(=O)(=O)c2ccc3nc(N)nc(N)c3c2)cc1. The summed E-state index contributed by atoms with van der Waals surface area (Å²) in [7, 11) is 0.120. The zero-order valence-electron chi connectivity index (χ0n) is 13.3. The number of benzene rings is 2. The predicted molar refractivity (Wildman–Crippen MR) is 94.6 cm³/mol. The quantitative estimate of drug-likeness (QED) is 0.743. The number of anilines is 3. The zero-order valence-corrected chi connectivity index (χ0v) is 14.1. The van der Waals surface area contributed by atoms with Gasteiger partial charge in [0.1, 0.15) is 5.82 Å². The Morgan fingerprint density at radius 2 is 1.54 bits per heavy atom. The zero-order chi connectivity index (χ0) is 17.5. The van der Waals surface area contributed by atoms with Crippen molar-refractivity contribution < 1.29 is 8.42 Å². The lowest BCUT2D eigenvalue weighted by Crippen LogP contribution is -2.09. The molecule has 0 fully saturated rings. The Kier molecular flexibility index (Phi) is 3.76. The second kappa shape index (κ2) is 5.64. The Bertz CT molecular complexity index is 1010. The van der Waals surface area contributed by atoms with Crippen molar-refractivity contribution in [3.8, 4) is 0 Å². The molecular weight excluding hydrogens is 326 g/mol. The summed E-state index contributed by atoms with van der Waals surface area (Å²) < 4.78 is 25.6. The van der Waals surface area contributed by atoms with Gasteiger partial charge in [0.05, 0.1) is 15.3 Å². The van der Waals surface area contributed by atoms with Gasteiger partial charge in [-0.25, -0.2) is 13.4 Å². The summed E-state index contributed by atoms with van der Waals surface area (Å²) >= 11 is 0. The van der Waals surface area contributed by atoms with E-state index in [2.05, 4.69) is 9.97 Å². The highest BCUT2D eigenvalue weighted by Crippen LogP contribution is 2.27. The van der Waals surface area contributed by atoms with Crippen LogP contribution in [0, 0.1) is 0 Å². The van der Waals surface area contributed by atoms with Gasteiger partial charge in [0.25, 0.3) is 0 Å². The number of nitrogens with two attached hydrogens (primary N) is 2. The van der Waals surface area contributed by atoms with Crippen molar-refractivity contribution in [3.63, 3.8) is 0 Å². The molecule has 0 bridgehead atoms. The number of rotatable bonds is 3. The minimum Gasteiger partial charge on any atom is -0.383 e. The average molecular weight is 343 g/mol. The van der Waals surface area contributed by atoms with Crippen molar-refractivity contribution in [1.29, 1.82) is 0 Å². The normalized spacial score (nSPS) is 11.6. The molecular formula is C16H17N5O2S. The van der Waals surface area contributed by atoms with Crippen LogP contribution in [0.5, 0.6) is 0 Å². The van der Waals surface area contributed by atoms with Gasteiger partial charge in [-0.3, -0.25) is 0 Å². The van der Waals surface area contributed by atoms with Gasteiger partial charge in [0.2, 0.25) is 15.8 Å². The van der Waals surface area contributed by atoms with Crippen LogP contribution < -0.4 is 16.4 Å². The molecule has 1 aromatic heterocycles. The molecule has 3 rings (SSSR count). The van der Waals surface area contributed by atoms with E-state index < -0.39 is 9.84 Å². The fourth-order valence-corrected chi connectivity index (χ4v) is 3.66. The van der Waals surface area contributed by atoms with E-state index in [4.69, 9.17) is 11.5 Å². The van der Waals surface area contributed by atoms with Crippen LogP contribution in [0.25, 0.3) is 10.9 Å². The highest BCUT2D eigenvalue weighted by molar-refractivity contribution is 7.91. The van der Waals surface area contributed by atoms with Crippen LogP contribution in [-0.2, 0) is 9.84 Å². The van der Waals surface area contributed by atoms with E-state index in [1.807, 2.05) is 19.0 Å². The molecule has 2 aromatic carbocycles. The van der Waals surface area contributed by atoms with E-state index in [1.54, 1.807) is 30.3 Å². The minimum absolute atomic E-state index is 0.0508. The van der Waals surface area contributed by atoms with E-state index in [9.17, 15) is 8.42 Å². The van der Waals surface area contributed by atoms with Gasteiger partial charge in [-0.15, -0.1) is 0 Å². The summed E-state index contributed by atoms with van der Waals surface area (Å²) in [5.41, 5.74) is 12.8.